The Kier molecular flexibility index (Phi) is 9.50. The van der Waals surface area contributed by atoms with Crippen LogP contribution in [-0.4, -0.2) is 17.2 Å². The second-order valence-electron chi connectivity index (χ2n) is 12.7. The molecule has 0 amide bonds. The number of anilines is 2. The second kappa shape index (κ2) is 13.9. The minimum Gasteiger partial charge on any atom is -0.489 e. The van der Waals surface area contributed by atoms with E-state index in [1.165, 1.54) is 30.2 Å². The predicted molar refractivity (Wildman–Crippen MR) is 190 cm³/mol. The molecule has 5 aromatic rings. The largest absolute Gasteiger partial charge is 0.489 e. The van der Waals surface area contributed by atoms with Crippen LogP contribution in [-0.2, 0) is 13.0 Å². The first-order valence-corrected chi connectivity index (χ1v) is 16.9. The minimum absolute atomic E-state index is 0.157. The lowest BCUT2D eigenvalue weighted by Gasteiger charge is -2.23. The highest BCUT2D eigenvalue weighted by molar-refractivity contribution is 7.99. The molecule has 0 fully saturated rings. The maximum absolute atomic E-state index is 14.0. The third-order valence-corrected chi connectivity index (χ3v) is 8.96. The van der Waals surface area contributed by atoms with E-state index in [9.17, 15) is 9.59 Å². The normalized spacial score (nSPS) is 12.3. The van der Waals surface area contributed by atoms with Crippen LogP contribution in [0.5, 0.6) is 11.5 Å². The van der Waals surface area contributed by atoms with Crippen LogP contribution < -0.4 is 14.8 Å². The van der Waals surface area contributed by atoms with Crippen LogP contribution in [0.4, 0.5) is 11.4 Å². The van der Waals surface area contributed by atoms with Crippen molar-refractivity contribution in [1.29, 1.82) is 0 Å². The summed E-state index contributed by atoms with van der Waals surface area (Å²) in [5.74, 6) is 1.20. The summed E-state index contributed by atoms with van der Waals surface area (Å²) in [6.07, 6.45) is 3.50. The van der Waals surface area contributed by atoms with E-state index in [1.54, 1.807) is 12.1 Å². The molecule has 0 saturated heterocycles. The number of ketones is 2. The van der Waals surface area contributed by atoms with Crippen molar-refractivity contribution in [2.24, 2.45) is 0 Å². The van der Waals surface area contributed by atoms with Gasteiger partial charge in [0.2, 0.25) is 0 Å². The van der Waals surface area contributed by atoms with Gasteiger partial charge in [0, 0.05) is 32.2 Å². The van der Waals surface area contributed by atoms with Crippen LogP contribution in [0.1, 0.15) is 83.5 Å². The fourth-order valence-electron chi connectivity index (χ4n) is 5.60. The SMILES string of the molecule is CCCCc1ccc(COc2ccc(Sc3cccc4c3C(=O)c3cccc(Nc5ccc(OC(C)(C)C)cc5)c3C4=O)cc2)cc1. The van der Waals surface area contributed by atoms with E-state index in [0.717, 1.165) is 39.0 Å². The zero-order valence-corrected chi connectivity index (χ0v) is 28.1. The number of hydrogen-bond acceptors (Lipinski definition) is 6. The molecular weight excluding hydrogens is 603 g/mol. The monoisotopic (exact) mass is 641 g/mol. The number of nitrogens with one attached hydrogen (secondary N) is 1. The quantitative estimate of drug-likeness (QED) is 0.152. The van der Waals surface area contributed by atoms with Gasteiger partial charge >= 0.3 is 0 Å². The maximum atomic E-state index is 14.0. The topological polar surface area (TPSA) is 64.6 Å². The Balaban J connectivity index is 1.16. The van der Waals surface area contributed by atoms with Crippen molar-refractivity contribution in [2.75, 3.05) is 5.32 Å². The molecule has 0 unspecified atom stereocenters. The Hall–Kier alpha value is -4.81. The number of rotatable bonds is 11. The molecule has 0 atom stereocenters. The highest BCUT2D eigenvalue weighted by atomic mass is 32.2. The van der Waals surface area contributed by atoms with Crippen molar-refractivity contribution in [3.63, 3.8) is 0 Å². The Labute approximate surface area is 281 Å². The number of carbonyl (C=O) groups excluding carboxylic acids is 2. The molecule has 0 aliphatic heterocycles. The van der Waals surface area contributed by atoms with Gasteiger partial charge in [-0.05, 0) is 105 Å². The first-order chi connectivity index (χ1) is 22.7. The molecule has 47 heavy (non-hydrogen) atoms. The number of aryl methyl sites for hydroxylation is 1. The van der Waals surface area contributed by atoms with Gasteiger partial charge in [0.1, 0.15) is 23.7 Å². The number of unbranched alkanes of at least 4 members (excludes halogenated alkanes) is 1. The van der Waals surface area contributed by atoms with Gasteiger partial charge in [-0.15, -0.1) is 0 Å². The Morgan fingerprint density at radius 2 is 1.30 bits per heavy atom. The van der Waals surface area contributed by atoms with E-state index >= 15 is 0 Å². The number of benzene rings is 5. The van der Waals surface area contributed by atoms with Gasteiger partial charge in [-0.3, -0.25) is 9.59 Å². The van der Waals surface area contributed by atoms with Crippen molar-refractivity contribution in [3.05, 3.63) is 143 Å². The van der Waals surface area contributed by atoms with E-state index in [1.807, 2.05) is 93.6 Å². The molecule has 5 aromatic carbocycles. The molecule has 6 heteroatoms. The van der Waals surface area contributed by atoms with Gasteiger partial charge in [0.05, 0.1) is 11.3 Å². The maximum Gasteiger partial charge on any atom is 0.196 e. The average molecular weight is 642 g/mol. The highest BCUT2D eigenvalue weighted by Crippen LogP contribution is 2.40. The fourth-order valence-corrected chi connectivity index (χ4v) is 6.57. The summed E-state index contributed by atoms with van der Waals surface area (Å²) in [7, 11) is 0. The summed E-state index contributed by atoms with van der Waals surface area (Å²) in [6.45, 7) is 8.71. The van der Waals surface area contributed by atoms with Gasteiger partial charge in [0.25, 0.3) is 0 Å². The van der Waals surface area contributed by atoms with Crippen LogP contribution in [0, 0.1) is 0 Å². The van der Waals surface area contributed by atoms with E-state index in [0.29, 0.717) is 34.5 Å². The van der Waals surface area contributed by atoms with Crippen molar-refractivity contribution >= 4 is 34.7 Å². The van der Waals surface area contributed by atoms with Gasteiger partial charge < -0.3 is 14.8 Å². The molecule has 6 rings (SSSR count). The van der Waals surface area contributed by atoms with Crippen LogP contribution >= 0.6 is 11.8 Å². The molecular formula is C41H39NO4S. The van der Waals surface area contributed by atoms with Gasteiger partial charge in [-0.2, -0.15) is 0 Å². The Bertz CT molecular complexity index is 1890. The van der Waals surface area contributed by atoms with Crippen LogP contribution in [0.3, 0.4) is 0 Å². The molecule has 0 radical (unpaired) electrons. The summed E-state index contributed by atoms with van der Waals surface area (Å²) in [5.41, 5.74) is 5.22. The molecule has 0 aromatic heterocycles. The summed E-state index contributed by atoms with van der Waals surface area (Å²) in [4.78, 5) is 29.6. The zero-order valence-electron chi connectivity index (χ0n) is 27.3. The summed E-state index contributed by atoms with van der Waals surface area (Å²) in [6, 6.07) is 34.9. The summed E-state index contributed by atoms with van der Waals surface area (Å²) in [5, 5.41) is 3.35. The number of ether oxygens (including phenoxy) is 2. The molecule has 0 spiro atoms. The van der Waals surface area contributed by atoms with Crippen LogP contribution in [0.15, 0.2) is 119 Å². The first kappa shape index (κ1) is 32.1. The van der Waals surface area contributed by atoms with Crippen LogP contribution in [0.25, 0.3) is 0 Å². The van der Waals surface area contributed by atoms with E-state index in [4.69, 9.17) is 9.47 Å². The summed E-state index contributed by atoms with van der Waals surface area (Å²) < 4.78 is 12.0. The molecule has 5 nitrogen and oxygen atoms in total. The lowest BCUT2D eigenvalue weighted by molar-refractivity contribution is 0.0977. The molecule has 1 aliphatic rings. The number of hydrogen-bond donors (Lipinski definition) is 1. The van der Waals surface area contributed by atoms with Gasteiger partial charge in [-0.25, -0.2) is 0 Å². The smallest absolute Gasteiger partial charge is 0.196 e. The third-order valence-electron chi connectivity index (χ3n) is 7.89. The van der Waals surface area contributed by atoms with E-state index in [-0.39, 0.29) is 17.2 Å². The van der Waals surface area contributed by atoms with E-state index < -0.39 is 0 Å². The minimum atomic E-state index is -0.302. The lowest BCUT2D eigenvalue weighted by atomic mass is 9.83. The molecule has 0 saturated carbocycles. The third kappa shape index (κ3) is 7.61. The summed E-state index contributed by atoms with van der Waals surface area (Å²) >= 11 is 1.47. The number of fused-ring (bicyclic) bond motifs is 2. The molecule has 0 heterocycles. The van der Waals surface area contributed by atoms with Crippen molar-refractivity contribution in [2.45, 2.75) is 69.0 Å². The highest BCUT2D eigenvalue weighted by Gasteiger charge is 2.33. The van der Waals surface area contributed by atoms with Crippen LogP contribution in [0.2, 0.25) is 0 Å². The zero-order chi connectivity index (χ0) is 33.0. The Morgan fingerprint density at radius 3 is 1.98 bits per heavy atom. The van der Waals surface area contributed by atoms with Crippen molar-refractivity contribution in [3.8, 4) is 11.5 Å². The van der Waals surface area contributed by atoms with Gasteiger partial charge in [0.15, 0.2) is 11.6 Å². The average Bonchev–Trinajstić information content (AvgIpc) is 3.06. The lowest BCUT2D eigenvalue weighted by Crippen LogP contribution is -2.23. The van der Waals surface area contributed by atoms with Gasteiger partial charge in [-0.1, -0.05) is 73.6 Å². The Morgan fingerprint density at radius 1 is 0.681 bits per heavy atom. The molecule has 1 aliphatic carbocycles. The standard InChI is InChI=1S/C41H39NO4S/c1-5-6-9-27-14-16-28(17-15-27)26-45-30-22-24-32(25-23-30)47-36-13-8-11-34-38(36)40(44)33-10-7-12-35(37(33)39(34)43)42-29-18-20-31(21-19-29)46-41(2,3)4/h7-8,10-25,42H,5-6,9,26H2,1-4H3. The first-order valence-electron chi connectivity index (χ1n) is 16.1. The molecule has 0 bridgehead atoms. The molecule has 1 N–H and O–H groups in total. The molecule has 238 valence electrons. The van der Waals surface area contributed by atoms with Crippen molar-refractivity contribution < 1.29 is 19.1 Å². The number of carbonyl (C=O) groups is 2. The van der Waals surface area contributed by atoms with Crippen molar-refractivity contribution in [1.82, 2.24) is 0 Å². The van der Waals surface area contributed by atoms with E-state index in [2.05, 4.69) is 36.5 Å². The fraction of sp³-hybridized carbons (Fsp3) is 0.220. The predicted octanol–water partition coefficient (Wildman–Crippen LogP) is 10.5. The second-order valence-corrected chi connectivity index (χ2v) is 13.8.